The first-order valence-electron chi connectivity index (χ1n) is 9.65. The summed E-state index contributed by atoms with van der Waals surface area (Å²) in [7, 11) is 3.25. The van der Waals surface area contributed by atoms with Crippen LogP contribution in [0, 0.1) is 6.92 Å². The topological polar surface area (TPSA) is 51.7 Å². The van der Waals surface area contributed by atoms with Gasteiger partial charge in [-0.3, -0.25) is 9.69 Å². The number of rotatable bonds is 9. The second-order valence-corrected chi connectivity index (χ2v) is 8.29. The maximum atomic E-state index is 13.0. The monoisotopic (exact) mass is 444 g/mol. The molecule has 0 aliphatic heterocycles. The molecule has 3 aromatic rings. The smallest absolute Gasteiger partial charge is 0.188 e. The van der Waals surface area contributed by atoms with E-state index in [1.54, 1.807) is 26.4 Å². The normalized spacial score (nSPS) is 11.0. The van der Waals surface area contributed by atoms with Gasteiger partial charge in [-0.1, -0.05) is 30.7 Å². The first-order valence-corrected chi connectivity index (χ1v) is 10.8. The average molecular weight is 445 g/mol. The number of methoxy groups -OCH3 is 2. The zero-order valence-electron chi connectivity index (χ0n) is 17.6. The van der Waals surface area contributed by atoms with Crippen molar-refractivity contribution >= 4 is 28.7 Å². The van der Waals surface area contributed by atoms with Gasteiger partial charge in [0, 0.05) is 11.6 Å². The molecule has 0 fully saturated rings. The van der Waals surface area contributed by atoms with Crippen LogP contribution in [-0.4, -0.2) is 43.0 Å². The number of carbonyl (C=O) groups is 1. The summed E-state index contributed by atoms with van der Waals surface area (Å²) in [6, 6.07) is 13.3. The van der Waals surface area contributed by atoms with E-state index in [1.165, 1.54) is 11.3 Å². The van der Waals surface area contributed by atoms with Crippen molar-refractivity contribution in [2.45, 2.75) is 20.4 Å². The summed E-state index contributed by atoms with van der Waals surface area (Å²) in [5, 5.41) is 1.35. The van der Waals surface area contributed by atoms with Crippen molar-refractivity contribution in [2.75, 3.05) is 27.3 Å². The molecule has 0 saturated carbocycles. The van der Waals surface area contributed by atoms with Gasteiger partial charge in [-0.05, 0) is 49.4 Å². The van der Waals surface area contributed by atoms with Gasteiger partial charge >= 0.3 is 0 Å². The van der Waals surface area contributed by atoms with Gasteiger partial charge in [-0.25, -0.2) is 4.98 Å². The zero-order valence-corrected chi connectivity index (χ0v) is 19.1. The van der Waals surface area contributed by atoms with Crippen LogP contribution >= 0.6 is 22.9 Å². The Labute approximate surface area is 186 Å². The molecule has 0 saturated heterocycles. The van der Waals surface area contributed by atoms with Gasteiger partial charge in [0.1, 0.15) is 16.5 Å². The number of aromatic nitrogens is 1. The maximum Gasteiger partial charge on any atom is 0.188 e. The Morgan fingerprint density at radius 3 is 2.50 bits per heavy atom. The lowest BCUT2D eigenvalue weighted by Gasteiger charge is -2.19. The fourth-order valence-corrected chi connectivity index (χ4v) is 4.34. The lowest BCUT2D eigenvalue weighted by Crippen LogP contribution is -2.29. The molecule has 30 heavy (non-hydrogen) atoms. The standard InChI is InChI=1S/C23H25ClN2O3S/c1-5-26(13-16-6-9-18(28-3)10-7-16)14-20(27)22-15(2)25-23(30-22)19-11-8-17(24)12-21(19)29-4/h6-12H,5,13-14H2,1-4H3. The van der Waals surface area contributed by atoms with Crippen LogP contribution in [0.5, 0.6) is 11.5 Å². The number of benzene rings is 2. The largest absolute Gasteiger partial charge is 0.497 e. The van der Waals surface area contributed by atoms with Crippen molar-refractivity contribution in [1.29, 1.82) is 0 Å². The summed E-state index contributed by atoms with van der Waals surface area (Å²) in [5.41, 5.74) is 2.70. The second kappa shape index (κ2) is 10.1. The number of hydrogen-bond donors (Lipinski definition) is 0. The van der Waals surface area contributed by atoms with Gasteiger partial charge in [0.25, 0.3) is 0 Å². The lowest BCUT2D eigenvalue weighted by atomic mass is 10.2. The van der Waals surface area contributed by atoms with E-state index in [0.29, 0.717) is 28.7 Å². The van der Waals surface area contributed by atoms with E-state index in [4.69, 9.17) is 21.1 Å². The van der Waals surface area contributed by atoms with E-state index < -0.39 is 0 Å². The molecule has 0 unspecified atom stereocenters. The zero-order chi connectivity index (χ0) is 21.7. The van der Waals surface area contributed by atoms with Crippen molar-refractivity contribution < 1.29 is 14.3 Å². The predicted molar refractivity (Wildman–Crippen MR) is 122 cm³/mol. The SMILES string of the molecule is CCN(CC(=O)c1sc(-c2ccc(Cl)cc2OC)nc1C)Cc1ccc(OC)cc1. The Balaban J connectivity index is 1.76. The Morgan fingerprint density at radius 2 is 1.87 bits per heavy atom. The Bertz CT molecular complexity index is 1020. The summed E-state index contributed by atoms with van der Waals surface area (Å²) in [4.78, 5) is 20.4. The summed E-state index contributed by atoms with van der Waals surface area (Å²) in [5.74, 6) is 1.53. The molecule has 0 amide bonds. The van der Waals surface area contributed by atoms with Crippen molar-refractivity contribution in [1.82, 2.24) is 9.88 Å². The minimum absolute atomic E-state index is 0.0690. The van der Waals surface area contributed by atoms with Crippen LogP contribution in [0.15, 0.2) is 42.5 Å². The highest BCUT2D eigenvalue weighted by atomic mass is 35.5. The summed E-state index contributed by atoms with van der Waals surface area (Å²) >= 11 is 7.46. The summed E-state index contributed by atoms with van der Waals surface area (Å²) in [6.07, 6.45) is 0. The van der Waals surface area contributed by atoms with Crippen LogP contribution in [-0.2, 0) is 6.54 Å². The Kier molecular flexibility index (Phi) is 7.48. The molecular weight excluding hydrogens is 420 g/mol. The van der Waals surface area contributed by atoms with Crippen molar-refractivity contribution in [3.8, 4) is 22.1 Å². The number of thiazole rings is 1. The fourth-order valence-electron chi connectivity index (χ4n) is 3.16. The van der Waals surface area contributed by atoms with Gasteiger partial charge in [-0.15, -0.1) is 11.3 Å². The van der Waals surface area contributed by atoms with Crippen molar-refractivity contribution in [3.05, 3.63) is 63.6 Å². The number of aryl methyl sites for hydroxylation is 1. The van der Waals surface area contributed by atoms with Gasteiger partial charge in [0.2, 0.25) is 0 Å². The van der Waals surface area contributed by atoms with E-state index in [9.17, 15) is 4.79 Å². The Morgan fingerprint density at radius 1 is 1.13 bits per heavy atom. The highest BCUT2D eigenvalue weighted by Gasteiger charge is 2.20. The van der Waals surface area contributed by atoms with Gasteiger partial charge < -0.3 is 9.47 Å². The molecule has 0 N–H and O–H groups in total. The van der Waals surface area contributed by atoms with E-state index in [0.717, 1.165) is 34.1 Å². The second-order valence-electron chi connectivity index (χ2n) is 6.85. The number of carbonyl (C=O) groups excluding carboxylic acids is 1. The molecule has 0 radical (unpaired) electrons. The first-order chi connectivity index (χ1) is 14.4. The minimum atomic E-state index is 0.0690. The summed E-state index contributed by atoms with van der Waals surface area (Å²) in [6.45, 7) is 5.73. The van der Waals surface area contributed by atoms with E-state index in [-0.39, 0.29) is 5.78 Å². The van der Waals surface area contributed by atoms with E-state index in [2.05, 4.69) is 16.8 Å². The molecule has 7 heteroatoms. The predicted octanol–water partition coefficient (Wildman–Crippen LogP) is 5.49. The van der Waals surface area contributed by atoms with Gasteiger partial charge in [-0.2, -0.15) is 0 Å². The molecule has 0 spiro atoms. The molecule has 158 valence electrons. The Hall–Kier alpha value is -2.41. The number of hydrogen-bond acceptors (Lipinski definition) is 6. The lowest BCUT2D eigenvalue weighted by molar-refractivity contribution is 0.0933. The number of ketones is 1. The minimum Gasteiger partial charge on any atom is -0.497 e. The molecule has 2 aromatic carbocycles. The average Bonchev–Trinajstić information content (AvgIpc) is 3.15. The first kappa shape index (κ1) is 22.3. The quantitative estimate of drug-likeness (QED) is 0.408. The van der Waals surface area contributed by atoms with Gasteiger partial charge in [0.05, 0.1) is 36.9 Å². The molecule has 5 nitrogen and oxygen atoms in total. The number of ether oxygens (including phenoxy) is 2. The fraction of sp³-hybridized carbons (Fsp3) is 0.304. The summed E-state index contributed by atoms with van der Waals surface area (Å²) < 4.78 is 10.6. The van der Waals surface area contributed by atoms with Crippen LogP contribution in [0.25, 0.3) is 10.6 Å². The highest BCUT2D eigenvalue weighted by Crippen LogP contribution is 2.36. The molecular formula is C23H25ClN2O3S. The molecule has 0 bridgehead atoms. The van der Waals surface area contributed by atoms with Crippen LogP contribution in [0.3, 0.4) is 0 Å². The number of Topliss-reactive ketones (excluding diaryl/α,β-unsaturated/α-hetero) is 1. The molecule has 0 aliphatic carbocycles. The third-order valence-corrected chi connectivity index (χ3v) is 6.29. The third kappa shape index (κ3) is 5.19. The van der Waals surface area contributed by atoms with Gasteiger partial charge in [0.15, 0.2) is 5.78 Å². The molecule has 1 heterocycles. The van der Waals surface area contributed by atoms with Crippen molar-refractivity contribution in [3.63, 3.8) is 0 Å². The third-order valence-electron chi connectivity index (χ3n) is 4.82. The molecule has 1 aromatic heterocycles. The van der Waals surface area contributed by atoms with Crippen LogP contribution in [0.4, 0.5) is 0 Å². The highest BCUT2D eigenvalue weighted by molar-refractivity contribution is 7.17. The van der Waals surface area contributed by atoms with Crippen LogP contribution < -0.4 is 9.47 Å². The maximum absolute atomic E-state index is 13.0. The number of likely N-dealkylation sites (N-methyl/N-ethyl adjacent to an activating group) is 1. The van der Waals surface area contributed by atoms with Crippen molar-refractivity contribution in [2.24, 2.45) is 0 Å². The number of nitrogens with zero attached hydrogens (tertiary/aromatic N) is 2. The van der Waals surface area contributed by atoms with E-state index in [1.807, 2.05) is 37.3 Å². The molecule has 0 aliphatic rings. The van der Waals surface area contributed by atoms with E-state index >= 15 is 0 Å². The van der Waals surface area contributed by atoms with Crippen LogP contribution in [0.1, 0.15) is 27.9 Å². The number of halogens is 1. The van der Waals surface area contributed by atoms with Crippen LogP contribution in [0.2, 0.25) is 5.02 Å². The molecule has 0 atom stereocenters. The molecule has 3 rings (SSSR count).